The van der Waals surface area contributed by atoms with Gasteiger partial charge in [-0.1, -0.05) is 6.92 Å². The van der Waals surface area contributed by atoms with E-state index >= 15 is 0 Å². The minimum absolute atomic E-state index is 0.241. The number of hydrogen-bond acceptors (Lipinski definition) is 5. The largest absolute Gasteiger partial charge is 0.330 e. The molecule has 1 saturated heterocycles. The van der Waals surface area contributed by atoms with Gasteiger partial charge in [-0.25, -0.2) is 17.9 Å². The van der Waals surface area contributed by atoms with Crippen molar-refractivity contribution in [2.45, 2.75) is 19.8 Å². The number of imide groups is 2. The summed E-state index contributed by atoms with van der Waals surface area (Å²) >= 11 is 0. The molecule has 0 unspecified atom stereocenters. The zero-order chi connectivity index (χ0) is 14.3. The summed E-state index contributed by atoms with van der Waals surface area (Å²) in [5, 5.41) is 2.09. The molecule has 1 aliphatic heterocycles. The minimum Gasteiger partial charge on any atom is -0.277 e. The monoisotopic (exact) mass is 289 g/mol. The molecule has 2 N–H and O–H groups in total. The Balaban J connectivity index is 2.06. The smallest absolute Gasteiger partial charge is 0.277 e. The Morgan fingerprint density at radius 3 is 2.47 bits per heavy atom. The van der Waals surface area contributed by atoms with Crippen LogP contribution in [0.5, 0.6) is 0 Å². The number of urea groups is 1. The predicted molar refractivity (Wildman–Crippen MR) is 64.4 cm³/mol. The fourth-order valence-electron chi connectivity index (χ4n) is 2.00. The van der Waals surface area contributed by atoms with Crippen LogP contribution in [0.2, 0.25) is 0 Å². The van der Waals surface area contributed by atoms with E-state index in [9.17, 15) is 22.8 Å². The summed E-state index contributed by atoms with van der Waals surface area (Å²) in [5.74, 6) is -1.54. The van der Waals surface area contributed by atoms with Crippen LogP contribution in [0.3, 0.4) is 0 Å². The summed E-state index contributed by atoms with van der Waals surface area (Å²) in [6.45, 7) is 1.62. The first-order chi connectivity index (χ1) is 8.82. The molecule has 2 aliphatic rings. The zero-order valence-electron chi connectivity index (χ0n) is 10.4. The van der Waals surface area contributed by atoms with Gasteiger partial charge in [0, 0.05) is 13.1 Å². The number of amides is 4. The maximum atomic E-state index is 12.0. The van der Waals surface area contributed by atoms with Crippen molar-refractivity contribution >= 4 is 27.9 Å². The second-order valence-corrected chi connectivity index (χ2v) is 6.54. The average Bonchev–Trinajstić information content (AvgIpc) is 3.07. The molecule has 19 heavy (non-hydrogen) atoms. The van der Waals surface area contributed by atoms with Crippen molar-refractivity contribution in [2.75, 3.05) is 18.8 Å². The van der Waals surface area contributed by atoms with Gasteiger partial charge in [0.05, 0.1) is 5.75 Å². The first-order valence-corrected chi connectivity index (χ1v) is 7.62. The Kier molecular flexibility index (Phi) is 3.35. The molecule has 0 aromatic carbocycles. The molecule has 2 rings (SSSR count). The van der Waals surface area contributed by atoms with Gasteiger partial charge < -0.3 is 0 Å². The fraction of sp³-hybridized carbons (Fsp3) is 0.700. The quantitative estimate of drug-likeness (QED) is 0.616. The Labute approximate surface area is 110 Å². The molecule has 1 heterocycles. The number of hydrogen-bond donors (Lipinski definition) is 2. The highest BCUT2D eigenvalue weighted by Gasteiger charge is 2.62. The predicted octanol–water partition coefficient (Wildman–Crippen LogP) is -1.22. The van der Waals surface area contributed by atoms with Crippen LogP contribution < -0.4 is 10.0 Å². The van der Waals surface area contributed by atoms with E-state index in [0.29, 0.717) is 12.8 Å². The third kappa shape index (κ3) is 2.47. The molecule has 9 heteroatoms. The molecule has 0 aromatic heterocycles. The van der Waals surface area contributed by atoms with Gasteiger partial charge in [0.25, 0.3) is 0 Å². The highest BCUT2D eigenvalue weighted by atomic mass is 32.2. The third-order valence-corrected chi connectivity index (χ3v) is 4.70. The van der Waals surface area contributed by atoms with E-state index in [4.69, 9.17) is 0 Å². The van der Waals surface area contributed by atoms with Crippen molar-refractivity contribution in [3.05, 3.63) is 0 Å². The molecule has 0 radical (unpaired) electrons. The molecular formula is C10H15N3O5S. The summed E-state index contributed by atoms with van der Waals surface area (Å²) in [5.41, 5.74) is -1.13. The van der Waals surface area contributed by atoms with E-state index in [1.807, 2.05) is 0 Å². The van der Waals surface area contributed by atoms with Crippen LogP contribution in [0.25, 0.3) is 0 Å². The van der Waals surface area contributed by atoms with Crippen molar-refractivity contribution in [2.24, 2.45) is 5.41 Å². The third-order valence-electron chi connectivity index (χ3n) is 3.25. The number of rotatable bonds is 5. The Morgan fingerprint density at radius 1 is 1.32 bits per heavy atom. The van der Waals surface area contributed by atoms with E-state index in [0.717, 1.165) is 4.90 Å². The second-order valence-electron chi connectivity index (χ2n) is 4.61. The van der Waals surface area contributed by atoms with Gasteiger partial charge in [0.1, 0.15) is 5.41 Å². The van der Waals surface area contributed by atoms with E-state index in [1.165, 1.54) is 0 Å². The van der Waals surface area contributed by atoms with E-state index in [1.54, 1.807) is 6.92 Å². The second kappa shape index (κ2) is 4.57. The minimum atomic E-state index is -3.52. The standard InChI is InChI=1S/C10H15N3O5S/c1-2-11-19(17,18)6-5-13-8(15)10(3-4-10)7(14)12-9(13)16/h11H,2-6H2,1H3,(H,12,14,16). The fourth-order valence-corrected chi connectivity index (χ4v) is 3.01. The normalized spacial score (nSPS) is 21.7. The lowest BCUT2D eigenvalue weighted by atomic mass is 10.0. The topological polar surface area (TPSA) is 113 Å². The van der Waals surface area contributed by atoms with Gasteiger partial charge in [0.2, 0.25) is 21.8 Å². The van der Waals surface area contributed by atoms with Crippen molar-refractivity contribution in [1.29, 1.82) is 0 Å². The molecule has 4 amide bonds. The molecule has 8 nitrogen and oxygen atoms in total. The molecule has 1 aliphatic carbocycles. The van der Waals surface area contributed by atoms with Gasteiger partial charge in [-0.3, -0.25) is 19.8 Å². The van der Waals surface area contributed by atoms with Crippen molar-refractivity contribution in [3.8, 4) is 0 Å². The number of barbiturate groups is 1. The van der Waals surface area contributed by atoms with E-state index in [2.05, 4.69) is 10.0 Å². The van der Waals surface area contributed by atoms with Crippen LogP contribution in [0.15, 0.2) is 0 Å². The first kappa shape index (κ1) is 13.9. The van der Waals surface area contributed by atoms with Gasteiger partial charge in [0.15, 0.2) is 0 Å². The van der Waals surface area contributed by atoms with E-state index < -0.39 is 33.3 Å². The molecule has 1 spiro atoms. The summed E-state index contributed by atoms with van der Waals surface area (Å²) in [6.07, 6.45) is 0.808. The number of carbonyl (C=O) groups is 3. The van der Waals surface area contributed by atoms with Crippen LogP contribution in [0, 0.1) is 5.41 Å². The molecule has 0 atom stereocenters. The van der Waals surface area contributed by atoms with Crippen LogP contribution in [0.1, 0.15) is 19.8 Å². The Morgan fingerprint density at radius 2 is 1.95 bits per heavy atom. The first-order valence-electron chi connectivity index (χ1n) is 5.97. The number of nitrogens with zero attached hydrogens (tertiary/aromatic N) is 1. The van der Waals surface area contributed by atoms with Crippen molar-refractivity contribution in [3.63, 3.8) is 0 Å². The zero-order valence-corrected chi connectivity index (χ0v) is 11.2. The molecule has 1 saturated carbocycles. The van der Waals surface area contributed by atoms with Crippen LogP contribution in [-0.2, 0) is 19.6 Å². The molecule has 0 bridgehead atoms. The Hall–Kier alpha value is -1.48. The SMILES string of the molecule is CCNS(=O)(=O)CCN1C(=O)NC(=O)C2(CC2)C1=O. The van der Waals surface area contributed by atoms with Crippen molar-refractivity contribution < 1.29 is 22.8 Å². The summed E-state index contributed by atoms with van der Waals surface area (Å²) < 4.78 is 25.2. The maximum Gasteiger partial charge on any atom is 0.330 e. The molecule has 106 valence electrons. The number of carbonyl (C=O) groups excluding carboxylic acids is 3. The maximum absolute atomic E-state index is 12.0. The molecule has 2 fully saturated rings. The summed E-state index contributed by atoms with van der Waals surface area (Å²) in [4.78, 5) is 35.9. The molecular weight excluding hydrogens is 274 g/mol. The highest BCUT2D eigenvalue weighted by Crippen LogP contribution is 2.48. The average molecular weight is 289 g/mol. The molecule has 0 aromatic rings. The van der Waals surface area contributed by atoms with Crippen LogP contribution in [-0.4, -0.2) is 50.0 Å². The van der Waals surface area contributed by atoms with Gasteiger partial charge in [-0.15, -0.1) is 0 Å². The van der Waals surface area contributed by atoms with E-state index in [-0.39, 0.29) is 18.8 Å². The van der Waals surface area contributed by atoms with Crippen LogP contribution >= 0.6 is 0 Å². The summed E-state index contributed by atoms with van der Waals surface area (Å²) in [7, 11) is -3.52. The van der Waals surface area contributed by atoms with Gasteiger partial charge in [-0.05, 0) is 12.8 Å². The lowest BCUT2D eigenvalue weighted by molar-refractivity contribution is -0.144. The Bertz CT molecular complexity index is 537. The van der Waals surface area contributed by atoms with Gasteiger partial charge >= 0.3 is 6.03 Å². The number of nitrogens with one attached hydrogen (secondary N) is 2. The number of sulfonamides is 1. The highest BCUT2D eigenvalue weighted by molar-refractivity contribution is 7.89. The van der Waals surface area contributed by atoms with Gasteiger partial charge in [-0.2, -0.15) is 0 Å². The lowest BCUT2D eigenvalue weighted by Crippen LogP contribution is -2.60. The van der Waals surface area contributed by atoms with Crippen LogP contribution in [0.4, 0.5) is 4.79 Å². The lowest BCUT2D eigenvalue weighted by Gasteiger charge is -2.29. The van der Waals surface area contributed by atoms with Crippen molar-refractivity contribution in [1.82, 2.24) is 14.9 Å². The summed E-state index contributed by atoms with van der Waals surface area (Å²) in [6, 6.07) is -0.848.